The Morgan fingerprint density at radius 3 is 2.46 bits per heavy atom. The molecule has 0 saturated carbocycles. The number of carbonyl (C=O) groups is 1. The zero-order valence-electron chi connectivity index (χ0n) is 16.4. The zero-order valence-corrected chi connectivity index (χ0v) is 16.4. The van der Waals surface area contributed by atoms with Gasteiger partial charge in [0.05, 0.1) is 12.1 Å². The van der Waals surface area contributed by atoms with Crippen LogP contribution in [0.25, 0.3) is 21.8 Å². The van der Waals surface area contributed by atoms with E-state index < -0.39 is 0 Å². The molecular formula is C25H25NO2. The number of carbonyl (C=O) groups excluding carboxylic acids is 1. The number of hydrogen-bond acceptors (Lipinski definition) is 2. The summed E-state index contributed by atoms with van der Waals surface area (Å²) >= 11 is 0. The molecule has 4 aromatic rings. The van der Waals surface area contributed by atoms with Crippen molar-refractivity contribution in [2.24, 2.45) is 0 Å². The fraction of sp³-hybridized carbons (Fsp3) is 0.240. The summed E-state index contributed by atoms with van der Waals surface area (Å²) in [6.07, 6.45) is 1.12. The van der Waals surface area contributed by atoms with Crippen LogP contribution in [0.2, 0.25) is 0 Å². The molecule has 0 radical (unpaired) electrons. The molecule has 28 heavy (non-hydrogen) atoms. The third-order valence-corrected chi connectivity index (χ3v) is 5.39. The second-order valence-corrected chi connectivity index (χ2v) is 7.14. The van der Waals surface area contributed by atoms with Gasteiger partial charge in [0.2, 0.25) is 0 Å². The van der Waals surface area contributed by atoms with E-state index in [9.17, 15) is 4.79 Å². The first-order valence-corrected chi connectivity index (χ1v) is 9.88. The second-order valence-electron chi connectivity index (χ2n) is 7.14. The van der Waals surface area contributed by atoms with E-state index in [4.69, 9.17) is 4.74 Å². The molecule has 0 unspecified atom stereocenters. The highest BCUT2D eigenvalue weighted by Gasteiger charge is 2.15. The summed E-state index contributed by atoms with van der Waals surface area (Å²) in [5.74, 6) is -0.133. The smallest absolute Gasteiger partial charge is 0.306 e. The van der Waals surface area contributed by atoms with Crippen molar-refractivity contribution < 1.29 is 9.53 Å². The van der Waals surface area contributed by atoms with E-state index in [1.165, 1.54) is 38.5 Å². The Bertz CT molecular complexity index is 1130. The summed E-state index contributed by atoms with van der Waals surface area (Å²) in [4.78, 5) is 11.8. The van der Waals surface area contributed by atoms with Crippen molar-refractivity contribution in [3.63, 3.8) is 0 Å². The van der Waals surface area contributed by atoms with Crippen LogP contribution in [0.3, 0.4) is 0 Å². The van der Waals surface area contributed by atoms with Crippen molar-refractivity contribution in [2.75, 3.05) is 6.61 Å². The zero-order chi connectivity index (χ0) is 19.5. The van der Waals surface area contributed by atoms with Gasteiger partial charge >= 0.3 is 5.97 Å². The number of hydrogen-bond donors (Lipinski definition) is 0. The summed E-state index contributed by atoms with van der Waals surface area (Å²) in [5, 5.41) is 2.54. The van der Waals surface area contributed by atoms with E-state index >= 15 is 0 Å². The summed E-state index contributed by atoms with van der Waals surface area (Å²) in [6, 6.07) is 23.5. The standard InChI is InChI=1S/C25H25NO2/c1-3-28-24(27)16-14-20-13-15-22-21-11-7-8-12-23(21)26(25(22)18(20)2)17-19-9-5-4-6-10-19/h4-13,15H,3,14,16-17H2,1-2H3. The Labute approximate surface area is 165 Å². The number of nitrogens with zero attached hydrogens (tertiary/aromatic N) is 1. The Kier molecular flexibility index (Phi) is 5.16. The van der Waals surface area contributed by atoms with E-state index in [0.29, 0.717) is 19.4 Å². The molecule has 0 aliphatic heterocycles. The van der Waals surface area contributed by atoms with Crippen LogP contribution in [0.4, 0.5) is 0 Å². The van der Waals surface area contributed by atoms with Crippen LogP contribution >= 0.6 is 0 Å². The van der Waals surface area contributed by atoms with E-state index in [1.807, 2.05) is 13.0 Å². The van der Waals surface area contributed by atoms with Crippen LogP contribution < -0.4 is 0 Å². The quantitative estimate of drug-likeness (QED) is 0.410. The second kappa shape index (κ2) is 7.89. The maximum absolute atomic E-state index is 11.8. The van der Waals surface area contributed by atoms with Gasteiger partial charge in [0.25, 0.3) is 0 Å². The maximum atomic E-state index is 11.8. The number of para-hydroxylation sites is 1. The third-order valence-electron chi connectivity index (χ3n) is 5.39. The molecule has 0 atom stereocenters. The highest BCUT2D eigenvalue weighted by atomic mass is 16.5. The highest BCUT2D eigenvalue weighted by Crippen LogP contribution is 2.33. The van der Waals surface area contributed by atoms with Gasteiger partial charge in [-0.05, 0) is 43.0 Å². The first kappa shape index (κ1) is 18.3. The van der Waals surface area contributed by atoms with Crippen molar-refractivity contribution in [1.82, 2.24) is 4.57 Å². The lowest BCUT2D eigenvalue weighted by atomic mass is 10.00. The van der Waals surface area contributed by atoms with E-state index in [0.717, 1.165) is 6.54 Å². The fourth-order valence-corrected chi connectivity index (χ4v) is 4.04. The molecule has 0 fully saturated rings. The number of rotatable bonds is 6. The van der Waals surface area contributed by atoms with Crippen LogP contribution in [0.1, 0.15) is 30.0 Å². The number of fused-ring (bicyclic) bond motifs is 3. The lowest BCUT2D eigenvalue weighted by molar-refractivity contribution is -0.143. The topological polar surface area (TPSA) is 31.2 Å². The number of benzene rings is 3. The van der Waals surface area contributed by atoms with Crippen LogP contribution in [0, 0.1) is 6.92 Å². The summed E-state index contributed by atoms with van der Waals surface area (Å²) in [6.45, 7) is 5.27. The normalized spacial score (nSPS) is 11.2. The molecule has 142 valence electrons. The molecule has 4 rings (SSSR count). The Balaban J connectivity index is 1.82. The first-order chi connectivity index (χ1) is 13.7. The molecule has 0 aliphatic rings. The largest absolute Gasteiger partial charge is 0.466 e. The van der Waals surface area contributed by atoms with Gasteiger partial charge in [-0.25, -0.2) is 0 Å². The van der Waals surface area contributed by atoms with Gasteiger partial charge in [0, 0.05) is 29.3 Å². The lowest BCUT2D eigenvalue weighted by Gasteiger charge is -2.12. The van der Waals surface area contributed by atoms with Crippen molar-refractivity contribution >= 4 is 27.8 Å². The molecule has 0 bridgehead atoms. The van der Waals surface area contributed by atoms with Crippen molar-refractivity contribution in [3.05, 3.63) is 83.4 Å². The molecule has 3 aromatic carbocycles. The molecule has 0 spiro atoms. The van der Waals surface area contributed by atoms with Gasteiger partial charge in [0.15, 0.2) is 0 Å². The third kappa shape index (κ3) is 3.40. The summed E-state index contributed by atoms with van der Waals surface area (Å²) in [7, 11) is 0. The number of ether oxygens (including phenoxy) is 1. The van der Waals surface area contributed by atoms with Gasteiger partial charge in [0.1, 0.15) is 0 Å². The average molecular weight is 371 g/mol. The minimum absolute atomic E-state index is 0.133. The van der Waals surface area contributed by atoms with Crippen molar-refractivity contribution in [3.8, 4) is 0 Å². The highest BCUT2D eigenvalue weighted by molar-refractivity contribution is 6.09. The molecule has 0 N–H and O–H groups in total. The minimum atomic E-state index is -0.133. The molecular weight excluding hydrogens is 346 g/mol. The first-order valence-electron chi connectivity index (χ1n) is 9.88. The van der Waals surface area contributed by atoms with Gasteiger partial charge in [-0.1, -0.05) is 60.7 Å². The van der Waals surface area contributed by atoms with Gasteiger partial charge in [-0.15, -0.1) is 0 Å². The number of aryl methyl sites for hydroxylation is 2. The molecule has 3 nitrogen and oxygen atoms in total. The molecule has 1 heterocycles. The molecule has 3 heteroatoms. The molecule has 0 amide bonds. The van der Waals surface area contributed by atoms with Crippen LogP contribution in [-0.2, 0) is 22.5 Å². The maximum Gasteiger partial charge on any atom is 0.306 e. The predicted octanol–water partition coefficient (Wildman–Crippen LogP) is 5.65. The Morgan fingerprint density at radius 2 is 1.68 bits per heavy atom. The van der Waals surface area contributed by atoms with Crippen LogP contribution in [0.5, 0.6) is 0 Å². The monoisotopic (exact) mass is 371 g/mol. The molecule has 1 aromatic heterocycles. The van der Waals surface area contributed by atoms with Gasteiger partial charge in [-0.3, -0.25) is 4.79 Å². The minimum Gasteiger partial charge on any atom is -0.466 e. The fourth-order valence-electron chi connectivity index (χ4n) is 4.04. The summed E-state index contributed by atoms with van der Waals surface area (Å²) < 4.78 is 7.50. The number of aromatic nitrogens is 1. The Morgan fingerprint density at radius 1 is 0.929 bits per heavy atom. The van der Waals surface area contributed by atoms with E-state index in [1.54, 1.807) is 0 Å². The summed E-state index contributed by atoms with van der Waals surface area (Å²) in [5.41, 5.74) is 6.23. The van der Waals surface area contributed by atoms with Crippen molar-refractivity contribution in [1.29, 1.82) is 0 Å². The Hall–Kier alpha value is -3.07. The average Bonchev–Trinajstić information content (AvgIpc) is 3.03. The van der Waals surface area contributed by atoms with E-state index in [2.05, 4.69) is 72.2 Å². The predicted molar refractivity (Wildman–Crippen MR) is 115 cm³/mol. The number of esters is 1. The SMILES string of the molecule is CCOC(=O)CCc1ccc2c3ccccc3n(Cc3ccccc3)c2c1C. The van der Waals surface area contributed by atoms with Crippen LogP contribution in [0.15, 0.2) is 66.7 Å². The molecule has 0 aliphatic carbocycles. The van der Waals surface area contributed by atoms with Crippen molar-refractivity contribution in [2.45, 2.75) is 33.2 Å². The van der Waals surface area contributed by atoms with Gasteiger partial charge < -0.3 is 9.30 Å². The van der Waals surface area contributed by atoms with E-state index in [-0.39, 0.29) is 5.97 Å². The van der Waals surface area contributed by atoms with Gasteiger partial charge in [-0.2, -0.15) is 0 Å². The van der Waals surface area contributed by atoms with Crippen LogP contribution in [-0.4, -0.2) is 17.1 Å². The molecule has 0 saturated heterocycles. The lowest BCUT2D eigenvalue weighted by Crippen LogP contribution is -2.06.